The number of ether oxygens (including phenoxy) is 1. The third-order valence-corrected chi connectivity index (χ3v) is 2.35. The molecule has 22 heavy (non-hydrogen) atoms. The highest BCUT2D eigenvalue weighted by Gasteiger charge is 2.41. The Morgan fingerprint density at radius 3 is 2.55 bits per heavy atom. The van der Waals surface area contributed by atoms with Crippen molar-refractivity contribution in [2.45, 2.75) is 18.8 Å². The van der Waals surface area contributed by atoms with Gasteiger partial charge in [-0.3, -0.25) is 9.59 Å². The maximum Gasteiger partial charge on any atom is 0.340 e. The first kappa shape index (κ1) is 17.7. The van der Waals surface area contributed by atoms with Gasteiger partial charge in [-0.2, -0.15) is 8.78 Å². The average Bonchev–Trinajstić information content (AvgIpc) is 2.45. The monoisotopic (exact) mass is 324 g/mol. The van der Waals surface area contributed by atoms with E-state index in [-0.39, 0.29) is 24.4 Å². The summed E-state index contributed by atoms with van der Waals surface area (Å²) in [6, 6.07) is 2.24. The highest BCUT2D eigenvalue weighted by atomic mass is 19.3. The van der Waals surface area contributed by atoms with Crippen LogP contribution in [-0.4, -0.2) is 47.5 Å². The van der Waals surface area contributed by atoms with Crippen LogP contribution in [0.25, 0.3) is 0 Å². The van der Waals surface area contributed by atoms with Crippen molar-refractivity contribution >= 4 is 11.9 Å². The number of hydrogen-bond acceptors (Lipinski definition) is 4. The Hall–Kier alpha value is -2.39. The first-order chi connectivity index (χ1) is 10.2. The van der Waals surface area contributed by atoms with Crippen molar-refractivity contribution in [1.82, 2.24) is 10.3 Å². The number of carboxylic acid groups (broad SMARTS) is 1. The summed E-state index contributed by atoms with van der Waals surface area (Å²) in [4.78, 5) is 25.3. The lowest BCUT2D eigenvalue weighted by atomic mass is 10.2. The van der Waals surface area contributed by atoms with E-state index in [0.717, 1.165) is 12.3 Å². The van der Waals surface area contributed by atoms with Gasteiger partial charge in [0.25, 0.3) is 5.91 Å². The van der Waals surface area contributed by atoms with E-state index in [1.807, 2.05) is 0 Å². The number of nitrogens with one attached hydrogen (secondary N) is 1. The smallest absolute Gasteiger partial charge is 0.340 e. The van der Waals surface area contributed by atoms with Gasteiger partial charge in [0.1, 0.15) is 0 Å². The number of aromatic nitrogens is 1. The zero-order chi connectivity index (χ0) is 16.8. The van der Waals surface area contributed by atoms with Gasteiger partial charge in [-0.25, -0.2) is 13.8 Å². The zero-order valence-corrected chi connectivity index (χ0v) is 11.1. The molecule has 0 fully saturated rings. The molecule has 2 N–H and O–H groups in total. The third kappa shape index (κ3) is 5.54. The minimum atomic E-state index is -4.30. The topological polar surface area (TPSA) is 88.5 Å². The number of carboxylic acids is 1. The number of aliphatic carboxylic acids is 1. The van der Waals surface area contributed by atoms with Crippen LogP contribution in [0.3, 0.4) is 0 Å². The zero-order valence-electron chi connectivity index (χ0n) is 11.1. The highest BCUT2D eigenvalue weighted by molar-refractivity contribution is 5.94. The van der Waals surface area contributed by atoms with E-state index in [4.69, 9.17) is 5.11 Å². The van der Waals surface area contributed by atoms with Gasteiger partial charge in [0, 0.05) is 18.8 Å². The van der Waals surface area contributed by atoms with E-state index in [1.165, 1.54) is 6.07 Å². The van der Waals surface area contributed by atoms with Crippen LogP contribution in [0.4, 0.5) is 17.6 Å². The molecule has 6 nitrogen and oxygen atoms in total. The van der Waals surface area contributed by atoms with Crippen LogP contribution < -0.4 is 10.1 Å². The number of carbonyl (C=O) groups excluding carboxylic acids is 1. The van der Waals surface area contributed by atoms with E-state index >= 15 is 0 Å². The molecule has 122 valence electrons. The summed E-state index contributed by atoms with van der Waals surface area (Å²) in [6.45, 7) is -1.63. The molecule has 0 bridgehead atoms. The van der Waals surface area contributed by atoms with Crippen LogP contribution >= 0.6 is 0 Å². The predicted octanol–water partition coefficient (Wildman–Crippen LogP) is 1.57. The van der Waals surface area contributed by atoms with E-state index in [0.29, 0.717) is 0 Å². The molecule has 0 aliphatic carbocycles. The second-order valence-corrected chi connectivity index (χ2v) is 4.14. The maximum absolute atomic E-state index is 12.6. The molecule has 1 aromatic rings. The van der Waals surface area contributed by atoms with Crippen LogP contribution in [0.2, 0.25) is 0 Å². The molecule has 1 aromatic heterocycles. The Bertz CT molecular complexity index is 522. The predicted molar refractivity (Wildman–Crippen MR) is 65.3 cm³/mol. The number of nitrogens with zero attached hydrogens (tertiary/aromatic N) is 1. The van der Waals surface area contributed by atoms with E-state index in [1.54, 1.807) is 0 Å². The molecule has 0 spiro atoms. The van der Waals surface area contributed by atoms with Crippen molar-refractivity contribution in [1.29, 1.82) is 0 Å². The number of rotatable bonds is 8. The van der Waals surface area contributed by atoms with Gasteiger partial charge in [0.2, 0.25) is 5.88 Å². The van der Waals surface area contributed by atoms with E-state index in [2.05, 4.69) is 15.0 Å². The third-order valence-electron chi connectivity index (χ3n) is 2.35. The van der Waals surface area contributed by atoms with Gasteiger partial charge in [-0.1, -0.05) is 0 Å². The van der Waals surface area contributed by atoms with Crippen molar-refractivity contribution in [3.05, 3.63) is 23.9 Å². The molecule has 0 aliphatic rings. The molecule has 0 saturated carbocycles. The fourth-order valence-corrected chi connectivity index (χ4v) is 1.22. The lowest BCUT2D eigenvalue weighted by Gasteiger charge is -2.15. The van der Waals surface area contributed by atoms with Crippen molar-refractivity contribution in [2.24, 2.45) is 0 Å². The lowest BCUT2D eigenvalue weighted by Crippen LogP contribution is -2.33. The van der Waals surface area contributed by atoms with E-state index < -0.39 is 30.8 Å². The fraction of sp³-hybridized carbons (Fsp3) is 0.417. The minimum Gasteiger partial charge on any atom is -0.481 e. The van der Waals surface area contributed by atoms with Crippen LogP contribution in [0.1, 0.15) is 16.8 Å². The van der Waals surface area contributed by atoms with Gasteiger partial charge < -0.3 is 15.2 Å². The van der Waals surface area contributed by atoms with Gasteiger partial charge >= 0.3 is 18.3 Å². The Morgan fingerprint density at radius 1 is 1.36 bits per heavy atom. The molecular formula is C12H12F4N2O4. The molecular weight excluding hydrogens is 312 g/mol. The van der Waals surface area contributed by atoms with Gasteiger partial charge in [-0.15, -0.1) is 0 Å². The van der Waals surface area contributed by atoms with Crippen molar-refractivity contribution < 1.29 is 37.0 Å². The van der Waals surface area contributed by atoms with Crippen molar-refractivity contribution in [3.63, 3.8) is 0 Å². The highest BCUT2D eigenvalue weighted by Crippen LogP contribution is 2.23. The standard InChI is InChI=1S/C12H12F4N2O4/c13-11(14)12(15,16)6-22-8-2-1-7(5-18-8)10(21)17-4-3-9(19)20/h1-2,5,11H,3-4,6H2,(H,17,21)(H,19,20). The van der Waals surface area contributed by atoms with Gasteiger partial charge in [0.05, 0.1) is 12.0 Å². The van der Waals surface area contributed by atoms with Crippen molar-refractivity contribution in [3.8, 4) is 5.88 Å². The fourth-order valence-electron chi connectivity index (χ4n) is 1.22. The summed E-state index contributed by atoms with van der Waals surface area (Å²) in [7, 11) is 0. The lowest BCUT2D eigenvalue weighted by molar-refractivity contribution is -0.148. The molecule has 0 radical (unpaired) electrons. The summed E-state index contributed by atoms with van der Waals surface area (Å²) in [5.74, 6) is -6.34. The largest absolute Gasteiger partial charge is 0.481 e. The molecule has 1 rings (SSSR count). The van der Waals surface area contributed by atoms with Crippen LogP contribution in [-0.2, 0) is 4.79 Å². The van der Waals surface area contributed by atoms with Gasteiger partial charge in [0.15, 0.2) is 6.61 Å². The summed E-state index contributed by atoms with van der Waals surface area (Å²) in [5.41, 5.74) is 0.0401. The Balaban J connectivity index is 2.52. The van der Waals surface area contributed by atoms with Gasteiger partial charge in [-0.05, 0) is 6.07 Å². The normalized spacial score (nSPS) is 11.3. The minimum absolute atomic E-state index is 0.0401. The molecule has 0 aliphatic heterocycles. The molecule has 10 heteroatoms. The summed E-state index contributed by atoms with van der Waals surface area (Å²) in [6.07, 6.45) is -3.12. The molecule has 0 unspecified atom stereocenters. The number of halogens is 4. The number of pyridine rings is 1. The van der Waals surface area contributed by atoms with Crippen LogP contribution in [0, 0.1) is 0 Å². The number of carbonyl (C=O) groups is 2. The second kappa shape index (κ2) is 7.57. The molecule has 1 heterocycles. The van der Waals surface area contributed by atoms with Crippen molar-refractivity contribution in [2.75, 3.05) is 13.2 Å². The average molecular weight is 324 g/mol. The summed E-state index contributed by atoms with van der Waals surface area (Å²) < 4.78 is 53.5. The quantitative estimate of drug-likeness (QED) is 0.709. The van der Waals surface area contributed by atoms with Crippen LogP contribution in [0.5, 0.6) is 5.88 Å². The maximum atomic E-state index is 12.6. The SMILES string of the molecule is O=C(O)CCNC(=O)c1ccc(OCC(F)(F)C(F)F)nc1. The first-order valence-corrected chi connectivity index (χ1v) is 5.97. The number of amides is 1. The molecule has 0 aromatic carbocycles. The molecule has 1 amide bonds. The summed E-state index contributed by atoms with van der Waals surface area (Å²) >= 11 is 0. The number of hydrogen-bond donors (Lipinski definition) is 2. The Kier molecular flexibility index (Phi) is 6.08. The summed E-state index contributed by atoms with van der Waals surface area (Å²) in [5, 5.41) is 10.7. The second-order valence-electron chi connectivity index (χ2n) is 4.14. The first-order valence-electron chi connectivity index (χ1n) is 5.97. The molecule has 0 atom stereocenters. The van der Waals surface area contributed by atoms with Crippen LogP contribution in [0.15, 0.2) is 18.3 Å². The Labute approximate surface area is 122 Å². The molecule has 0 saturated heterocycles. The Morgan fingerprint density at radius 2 is 2.05 bits per heavy atom. The number of alkyl halides is 4. The van der Waals surface area contributed by atoms with E-state index in [9.17, 15) is 27.2 Å².